The summed E-state index contributed by atoms with van der Waals surface area (Å²) in [6.45, 7) is 16.4. The van der Waals surface area contributed by atoms with E-state index in [1.807, 2.05) is 11.3 Å². The van der Waals surface area contributed by atoms with E-state index in [9.17, 15) is 0 Å². The van der Waals surface area contributed by atoms with Crippen LogP contribution in [-0.4, -0.2) is 6.71 Å². The fraction of sp³-hybridized carbons (Fsp3) is 0.256. The van der Waals surface area contributed by atoms with Gasteiger partial charge in [-0.25, -0.2) is 0 Å². The molecule has 0 unspecified atom stereocenters. The van der Waals surface area contributed by atoms with E-state index in [2.05, 4.69) is 156 Å². The molecule has 1 aliphatic carbocycles. The standard InChI is InChI=1S/C43H40BNO2S/c1-41(2,3)26-18-19-37-30(20-26)39-40(48-37)44-33-23-31-32(43(6,7)25-42(31,4)5)24-34(33)46-35-21-29(22-36(47-39)38(35)44)45(27-14-10-8-11-15-27)28-16-12-9-13-17-28/h8-24H,25H2,1-7H3. The molecule has 48 heavy (non-hydrogen) atoms. The fourth-order valence-electron chi connectivity index (χ4n) is 8.61. The molecule has 0 fully saturated rings. The van der Waals surface area contributed by atoms with Crippen molar-refractivity contribution in [2.45, 2.75) is 71.1 Å². The maximum absolute atomic E-state index is 7.09. The van der Waals surface area contributed by atoms with Crippen molar-refractivity contribution in [2.24, 2.45) is 0 Å². The van der Waals surface area contributed by atoms with E-state index in [4.69, 9.17) is 9.47 Å². The molecule has 6 aromatic rings. The second kappa shape index (κ2) is 10.0. The van der Waals surface area contributed by atoms with E-state index in [1.165, 1.54) is 37.0 Å². The van der Waals surface area contributed by atoms with Crippen molar-refractivity contribution in [3.8, 4) is 23.0 Å². The van der Waals surface area contributed by atoms with E-state index in [1.54, 1.807) is 0 Å². The van der Waals surface area contributed by atoms with Crippen LogP contribution in [0.15, 0.2) is 103 Å². The number of thiophene rings is 1. The lowest BCUT2D eigenvalue weighted by atomic mass is 9.37. The number of hydrogen-bond donors (Lipinski definition) is 0. The smallest absolute Gasteiger partial charge is 0.273 e. The molecule has 3 nitrogen and oxygen atoms in total. The molecule has 2 aliphatic heterocycles. The molecule has 0 saturated carbocycles. The lowest BCUT2D eigenvalue weighted by Crippen LogP contribution is -2.56. The minimum Gasteiger partial charge on any atom is -0.458 e. The van der Waals surface area contributed by atoms with Crippen LogP contribution in [-0.2, 0) is 16.2 Å². The van der Waals surface area contributed by atoms with Gasteiger partial charge in [0.1, 0.15) is 23.0 Å². The van der Waals surface area contributed by atoms with Gasteiger partial charge in [-0.05, 0) is 87.3 Å². The van der Waals surface area contributed by atoms with E-state index >= 15 is 0 Å². The Labute approximate surface area is 288 Å². The van der Waals surface area contributed by atoms with Crippen LogP contribution < -0.4 is 30.1 Å². The molecule has 0 saturated heterocycles. The van der Waals surface area contributed by atoms with Gasteiger partial charge >= 0.3 is 0 Å². The highest BCUT2D eigenvalue weighted by atomic mass is 32.1. The van der Waals surface area contributed by atoms with Gasteiger partial charge in [-0.15, -0.1) is 11.3 Å². The van der Waals surface area contributed by atoms with Gasteiger partial charge in [-0.3, -0.25) is 0 Å². The Kier molecular flexibility index (Phi) is 6.19. The molecule has 0 bridgehead atoms. The van der Waals surface area contributed by atoms with Crippen LogP contribution in [0.1, 0.15) is 71.6 Å². The normalized spacial score (nSPS) is 16.4. The van der Waals surface area contributed by atoms with Gasteiger partial charge in [0.2, 0.25) is 0 Å². The average molecular weight is 646 g/mol. The summed E-state index contributed by atoms with van der Waals surface area (Å²) in [6, 6.07) is 37.3. The van der Waals surface area contributed by atoms with Gasteiger partial charge in [-0.2, -0.15) is 0 Å². The Hall–Kier alpha value is -4.48. The quantitative estimate of drug-likeness (QED) is 0.179. The van der Waals surface area contributed by atoms with Crippen LogP contribution in [0.25, 0.3) is 10.1 Å². The number of rotatable bonds is 3. The second-order valence-corrected chi connectivity index (χ2v) is 17.2. The van der Waals surface area contributed by atoms with Crippen LogP contribution in [0.5, 0.6) is 23.0 Å². The third-order valence-corrected chi connectivity index (χ3v) is 11.9. The van der Waals surface area contributed by atoms with E-state index in [0.717, 1.165) is 51.9 Å². The zero-order valence-corrected chi connectivity index (χ0v) is 29.6. The van der Waals surface area contributed by atoms with Crippen LogP contribution in [0, 0.1) is 0 Å². The average Bonchev–Trinajstić information content (AvgIpc) is 3.50. The Morgan fingerprint density at radius 3 is 1.90 bits per heavy atom. The number of fused-ring (bicyclic) bond motifs is 7. The Morgan fingerprint density at radius 1 is 0.667 bits per heavy atom. The molecular weight excluding hydrogens is 605 g/mol. The molecule has 0 amide bonds. The lowest BCUT2D eigenvalue weighted by Gasteiger charge is -2.35. The molecule has 0 spiro atoms. The summed E-state index contributed by atoms with van der Waals surface area (Å²) in [7, 11) is 0. The van der Waals surface area contributed by atoms with E-state index < -0.39 is 0 Å². The maximum atomic E-state index is 7.09. The monoisotopic (exact) mass is 645 g/mol. The first-order chi connectivity index (χ1) is 22.9. The van der Waals surface area contributed by atoms with Crippen LogP contribution >= 0.6 is 11.3 Å². The Bertz CT molecular complexity index is 2220. The first-order valence-electron chi connectivity index (χ1n) is 17.1. The van der Waals surface area contributed by atoms with Crippen molar-refractivity contribution in [2.75, 3.05) is 4.90 Å². The van der Waals surface area contributed by atoms with Crippen molar-refractivity contribution in [3.05, 3.63) is 120 Å². The summed E-state index contributed by atoms with van der Waals surface area (Å²) in [5.41, 5.74) is 9.89. The molecule has 0 radical (unpaired) electrons. The third kappa shape index (κ3) is 4.40. The van der Waals surface area contributed by atoms with Crippen molar-refractivity contribution in [1.29, 1.82) is 0 Å². The van der Waals surface area contributed by atoms with Crippen molar-refractivity contribution in [3.63, 3.8) is 0 Å². The molecule has 3 heterocycles. The summed E-state index contributed by atoms with van der Waals surface area (Å²) in [5.74, 6) is 3.68. The zero-order chi connectivity index (χ0) is 33.2. The van der Waals surface area contributed by atoms with Crippen molar-refractivity contribution in [1.82, 2.24) is 0 Å². The molecule has 238 valence electrons. The predicted molar refractivity (Wildman–Crippen MR) is 204 cm³/mol. The fourth-order valence-corrected chi connectivity index (χ4v) is 9.85. The zero-order valence-electron chi connectivity index (χ0n) is 28.8. The van der Waals surface area contributed by atoms with E-state index in [-0.39, 0.29) is 23.0 Å². The van der Waals surface area contributed by atoms with Crippen molar-refractivity contribution < 1.29 is 9.47 Å². The topological polar surface area (TPSA) is 21.7 Å². The van der Waals surface area contributed by atoms with Gasteiger partial charge in [0, 0.05) is 43.8 Å². The first-order valence-corrected chi connectivity index (χ1v) is 17.9. The summed E-state index contributed by atoms with van der Waals surface area (Å²) in [6.07, 6.45) is 1.11. The number of benzene rings is 5. The van der Waals surface area contributed by atoms with Gasteiger partial charge in [0.25, 0.3) is 6.71 Å². The minimum absolute atomic E-state index is 0.0266. The summed E-state index contributed by atoms with van der Waals surface area (Å²) in [5, 5.41) is 1.19. The summed E-state index contributed by atoms with van der Waals surface area (Å²) in [4.78, 5) is 2.29. The largest absolute Gasteiger partial charge is 0.458 e. The molecule has 9 rings (SSSR count). The molecule has 5 heteroatoms. The SMILES string of the molecule is CC(C)(C)c1ccc2sc3c(c2c1)Oc1cc(N(c2ccccc2)c2ccccc2)cc2c1B3c1cc3c(cc1O2)C(C)(C)CC3(C)C. The second-order valence-electron chi connectivity index (χ2n) is 16.1. The summed E-state index contributed by atoms with van der Waals surface area (Å²) < 4.78 is 16.6. The Balaban J connectivity index is 1.32. The van der Waals surface area contributed by atoms with Crippen LogP contribution in [0.3, 0.4) is 0 Å². The van der Waals surface area contributed by atoms with Gasteiger partial charge < -0.3 is 14.4 Å². The number of hydrogen-bond acceptors (Lipinski definition) is 4. The highest BCUT2D eigenvalue weighted by Crippen LogP contribution is 2.52. The molecule has 3 aliphatic rings. The number of anilines is 3. The molecule has 5 aromatic carbocycles. The molecule has 0 N–H and O–H groups in total. The van der Waals surface area contributed by atoms with Crippen LogP contribution in [0.2, 0.25) is 0 Å². The predicted octanol–water partition coefficient (Wildman–Crippen LogP) is 10.4. The van der Waals surface area contributed by atoms with E-state index in [0.29, 0.717) is 0 Å². The molecule has 1 aromatic heterocycles. The first kappa shape index (κ1) is 29.6. The van der Waals surface area contributed by atoms with Crippen molar-refractivity contribution >= 4 is 60.9 Å². The lowest BCUT2D eigenvalue weighted by molar-refractivity contribution is 0.402. The van der Waals surface area contributed by atoms with Gasteiger partial charge in [-0.1, -0.05) is 97.0 Å². The van der Waals surface area contributed by atoms with Crippen LogP contribution in [0.4, 0.5) is 17.1 Å². The Morgan fingerprint density at radius 2 is 1.27 bits per heavy atom. The number of nitrogens with zero attached hydrogens (tertiary/aromatic N) is 1. The third-order valence-electron chi connectivity index (χ3n) is 10.7. The highest BCUT2D eigenvalue weighted by Gasteiger charge is 2.47. The number of ether oxygens (including phenoxy) is 2. The highest BCUT2D eigenvalue weighted by molar-refractivity contribution is 7.33. The summed E-state index contributed by atoms with van der Waals surface area (Å²) >= 11 is 1.87. The number of para-hydroxylation sites is 2. The minimum atomic E-state index is 0.0266. The maximum Gasteiger partial charge on any atom is 0.273 e. The van der Waals surface area contributed by atoms with Gasteiger partial charge in [0.15, 0.2) is 0 Å². The molecular formula is C43H40BNO2S. The molecule has 0 atom stereocenters. The van der Waals surface area contributed by atoms with Gasteiger partial charge in [0.05, 0.1) is 5.69 Å².